The Labute approximate surface area is 161 Å². The van der Waals surface area contributed by atoms with Crippen LogP contribution in [-0.4, -0.2) is 13.3 Å². The molecule has 27 heavy (non-hydrogen) atoms. The van der Waals surface area contributed by atoms with E-state index in [-0.39, 0.29) is 0 Å². The van der Waals surface area contributed by atoms with Gasteiger partial charge in [-0.15, -0.1) is 0 Å². The number of rotatable bonds is 7. The summed E-state index contributed by atoms with van der Waals surface area (Å²) in [5.74, 6) is 1.95. The van der Waals surface area contributed by atoms with Gasteiger partial charge in [-0.25, -0.2) is 4.79 Å². The lowest BCUT2D eigenvalue weighted by Gasteiger charge is -2.18. The van der Waals surface area contributed by atoms with Crippen LogP contribution in [0.15, 0.2) is 30.3 Å². The van der Waals surface area contributed by atoms with Crippen LogP contribution in [0.4, 0.5) is 4.79 Å². The minimum Gasteiger partial charge on any atom is -0.488 e. The van der Waals surface area contributed by atoms with E-state index >= 15 is 0 Å². The molecule has 0 atom stereocenters. The molecule has 0 amide bonds. The van der Waals surface area contributed by atoms with Crippen LogP contribution in [-0.2, 0) is 24.2 Å². The summed E-state index contributed by atoms with van der Waals surface area (Å²) >= 11 is 0. The highest BCUT2D eigenvalue weighted by Gasteiger charge is 2.28. The number of methoxy groups -OCH3 is 1. The number of carbonyl (C=O) groups excluding carboxylic acids is 1. The topological polar surface area (TPSA) is 44.8 Å². The van der Waals surface area contributed by atoms with Gasteiger partial charge in [-0.1, -0.05) is 32.0 Å². The molecule has 4 nitrogen and oxygen atoms in total. The van der Waals surface area contributed by atoms with Crippen molar-refractivity contribution in [2.45, 2.75) is 59.0 Å². The zero-order chi connectivity index (χ0) is 19.4. The zero-order valence-electron chi connectivity index (χ0n) is 16.6. The Bertz CT molecular complexity index is 821. The number of carbonyl (C=O) groups is 1. The Hall–Kier alpha value is -2.49. The highest BCUT2D eigenvalue weighted by Crippen LogP contribution is 2.44. The average Bonchev–Trinajstić information content (AvgIpc) is 3.51. The Morgan fingerprint density at radius 3 is 2.44 bits per heavy atom. The molecule has 0 saturated heterocycles. The molecule has 0 spiro atoms. The predicted octanol–water partition coefficient (Wildman–Crippen LogP) is 5.72. The van der Waals surface area contributed by atoms with Gasteiger partial charge in [-0.2, -0.15) is 0 Å². The molecule has 0 aliphatic heterocycles. The van der Waals surface area contributed by atoms with Crippen LogP contribution in [0.3, 0.4) is 0 Å². The van der Waals surface area contributed by atoms with Crippen molar-refractivity contribution in [3.05, 3.63) is 58.1 Å². The molecule has 2 aromatic carbocycles. The minimum atomic E-state index is -0.707. The van der Waals surface area contributed by atoms with Crippen molar-refractivity contribution in [3.63, 3.8) is 0 Å². The SMILES string of the molecule is CCc1cc(CC)c(OCc2c(OC(=O)OC)cccc2C2CC2)cc1C. The van der Waals surface area contributed by atoms with Crippen molar-refractivity contribution in [2.75, 3.05) is 7.11 Å². The lowest BCUT2D eigenvalue weighted by Crippen LogP contribution is -2.11. The van der Waals surface area contributed by atoms with E-state index in [2.05, 4.69) is 43.7 Å². The van der Waals surface area contributed by atoms with Gasteiger partial charge in [-0.05, 0) is 72.9 Å². The van der Waals surface area contributed by atoms with E-state index in [0.29, 0.717) is 18.3 Å². The molecule has 0 bridgehead atoms. The molecule has 0 N–H and O–H groups in total. The van der Waals surface area contributed by atoms with E-state index in [1.165, 1.54) is 42.2 Å². The number of benzene rings is 2. The fourth-order valence-corrected chi connectivity index (χ4v) is 3.46. The lowest BCUT2D eigenvalue weighted by atomic mass is 10.00. The minimum absolute atomic E-state index is 0.372. The van der Waals surface area contributed by atoms with Gasteiger partial charge in [0.15, 0.2) is 0 Å². The number of aryl methyl sites for hydroxylation is 3. The molecule has 4 heteroatoms. The maximum absolute atomic E-state index is 11.6. The summed E-state index contributed by atoms with van der Waals surface area (Å²) in [7, 11) is 1.31. The first-order valence-corrected chi connectivity index (χ1v) is 9.70. The number of ether oxygens (including phenoxy) is 3. The number of hydrogen-bond acceptors (Lipinski definition) is 4. The maximum Gasteiger partial charge on any atom is 0.513 e. The summed E-state index contributed by atoms with van der Waals surface area (Å²) in [5.41, 5.74) is 5.94. The van der Waals surface area contributed by atoms with Gasteiger partial charge >= 0.3 is 6.16 Å². The molecule has 0 radical (unpaired) electrons. The quantitative estimate of drug-likeness (QED) is 0.463. The Kier molecular flexibility index (Phi) is 6.04. The third kappa shape index (κ3) is 4.44. The first kappa shape index (κ1) is 19.3. The Morgan fingerprint density at radius 2 is 1.81 bits per heavy atom. The van der Waals surface area contributed by atoms with Crippen LogP contribution >= 0.6 is 0 Å². The highest BCUT2D eigenvalue weighted by molar-refractivity contribution is 5.65. The van der Waals surface area contributed by atoms with Gasteiger partial charge < -0.3 is 14.2 Å². The smallest absolute Gasteiger partial charge is 0.488 e. The standard InChI is InChI=1S/C23H28O4/c1-5-16-13-17(6-2)22(12-15(16)3)26-14-20-19(18-10-11-18)8-7-9-21(20)27-23(24)25-4/h7-9,12-13,18H,5-6,10-11,14H2,1-4H3. The second-order valence-electron chi connectivity index (χ2n) is 7.04. The van der Waals surface area contributed by atoms with Gasteiger partial charge in [-0.3, -0.25) is 0 Å². The van der Waals surface area contributed by atoms with Gasteiger partial charge in [0.25, 0.3) is 0 Å². The summed E-state index contributed by atoms with van der Waals surface area (Å²) < 4.78 is 16.3. The molecule has 0 unspecified atom stereocenters. The van der Waals surface area contributed by atoms with E-state index in [9.17, 15) is 4.79 Å². The average molecular weight is 368 g/mol. The monoisotopic (exact) mass is 368 g/mol. The first-order chi connectivity index (χ1) is 13.1. The van der Waals surface area contributed by atoms with Crippen molar-refractivity contribution in [1.82, 2.24) is 0 Å². The Morgan fingerprint density at radius 1 is 1.07 bits per heavy atom. The van der Waals surface area contributed by atoms with Crippen molar-refractivity contribution < 1.29 is 19.0 Å². The molecule has 1 fully saturated rings. The van der Waals surface area contributed by atoms with E-state index in [4.69, 9.17) is 9.47 Å². The second kappa shape index (κ2) is 8.47. The van der Waals surface area contributed by atoms with Crippen LogP contribution < -0.4 is 9.47 Å². The van der Waals surface area contributed by atoms with E-state index in [0.717, 1.165) is 24.2 Å². The summed E-state index contributed by atoms with van der Waals surface area (Å²) in [4.78, 5) is 11.6. The fraction of sp³-hybridized carbons (Fsp3) is 0.435. The van der Waals surface area contributed by atoms with E-state index in [1.807, 2.05) is 6.07 Å². The van der Waals surface area contributed by atoms with Crippen molar-refractivity contribution in [2.24, 2.45) is 0 Å². The maximum atomic E-state index is 11.6. The van der Waals surface area contributed by atoms with Gasteiger partial charge in [0, 0.05) is 5.56 Å². The summed E-state index contributed by atoms with van der Waals surface area (Å²) in [6.07, 6.45) is 3.55. The molecule has 0 aromatic heterocycles. The van der Waals surface area contributed by atoms with Crippen LogP contribution in [0.2, 0.25) is 0 Å². The molecule has 2 aromatic rings. The van der Waals surface area contributed by atoms with Crippen molar-refractivity contribution in [3.8, 4) is 11.5 Å². The Balaban J connectivity index is 1.89. The van der Waals surface area contributed by atoms with Crippen molar-refractivity contribution in [1.29, 1.82) is 0 Å². The molecular formula is C23H28O4. The van der Waals surface area contributed by atoms with Crippen LogP contribution in [0.5, 0.6) is 11.5 Å². The summed E-state index contributed by atoms with van der Waals surface area (Å²) in [6, 6.07) is 10.2. The van der Waals surface area contributed by atoms with Gasteiger partial charge in [0.1, 0.15) is 18.1 Å². The molecule has 1 saturated carbocycles. The second-order valence-corrected chi connectivity index (χ2v) is 7.04. The van der Waals surface area contributed by atoms with Crippen LogP contribution in [0.25, 0.3) is 0 Å². The highest BCUT2D eigenvalue weighted by atomic mass is 16.7. The first-order valence-electron chi connectivity index (χ1n) is 9.70. The number of hydrogen-bond donors (Lipinski definition) is 0. The largest absolute Gasteiger partial charge is 0.513 e. The normalized spacial score (nSPS) is 13.3. The van der Waals surface area contributed by atoms with Crippen LogP contribution in [0, 0.1) is 6.92 Å². The molecule has 1 aliphatic rings. The lowest BCUT2D eigenvalue weighted by molar-refractivity contribution is 0.120. The fourth-order valence-electron chi connectivity index (χ4n) is 3.46. The molecule has 0 heterocycles. The third-order valence-corrected chi connectivity index (χ3v) is 5.20. The van der Waals surface area contributed by atoms with E-state index < -0.39 is 6.16 Å². The molecular weight excluding hydrogens is 340 g/mol. The third-order valence-electron chi connectivity index (χ3n) is 5.20. The molecule has 144 valence electrons. The molecule has 3 rings (SSSR count). The van der Waals surface area contributed by atoms with Gasteiger partial charge in [0.2, 0.25) is 0 Å². The van der Waals surface area contributed by atoms with Gasteiger partial charge in [0.05, 0.1) is 7.11 Å². The summed E-state index contributed by atoms with van der Waals surface area (Å²) in [6.45, 7) is 6.80. The predicted molar refractivity (Wildman–Crippen MR) is 106 cm³/mol. The van der Waals surface area contributed by atoms with Crippen molar-refractivity contribution >= 4 is 6.16 Å². The molecule has 1 aliphatic carbocycles. The van der Waals surface area contributed by atoms with Crippen LogP contribution in [0.1, 0.15) is 60.4 Å². The van der Waals surface area contributed by atoms with E-state index in [1.54, 1.807) is 6.07 Å². The summed E-state index contributed by atoms with van der Waals surface area (Å²) in [5, 5.41) is 0. The zero-order valence-corrected chi connectivity index (χ0v) is 16.6.